The number of rotatable bonds is 3. The van der Waals surface area contributed by atoms with Gasteiger partial charge in [-0.1, -0.05) is 11.6 Å². The van der Waals surface area contributed by atoms with E-state index in [9.17, 15) is 23.4 Å². The van der Waals surface area contributed by atoms with E-state index >= 15 is 0 Å². The minimum Gasteiger partial charge on any atom is -0.508 e. The third-order valence-corrected chi connectivity index (χ3v) is 2.44. The number of hydrogen-bond donors (Lipinski definition) is 3. The summed E-state index contributed by atoms with van der Waals surface area (Å²) in [5.74, 6) is -0.238. The molecular formula is C11H15ClF3NO2. The molecule has 104 valence electrons. The molecule has 0 radical (unpaired) electrons. The first-order valence-corrected chi connectivity index (χ1v) is 5.01. The van der Waals surface area contributed by atoms with Gasteiger partial charge in [0.15, 0.2) is 0 Å². The molecule has 0 saturated carbocycles. The number of phenolic OH excluding ortho intramolecular Hbond substituents is 1. The summed E-state index contributed by atoms with van der Waals surface area (Å²) in [7, 11) is 0. The van der Waals surface area contributed by atoms with Crippen LogP contribution < -0.4 is 5.73 Å². The fraction of sp³-hybridized carbons (Fsp3) is 0.455. The maximum Gasteiger partial charge on any atom is 0.403 e. The molecule has 0 aliphatic rings. The summed E-state index contributed by atoms with van der Waals surface area (Å²) in [6.07, 6.45) is -6.67. The third-order valence-electron chi connectivity index (χ3n) is 2.44. The molecule has 0 spiro atoms. The highest BCUT2D eigenvalue weighted by Crippen LogP contribution is 2.31. The number of alkyl halides is 3. The monoisotopic (exact) mass is 285 g/mol. The number of phenols is 1. The minimum absolute atomic E-state index is 0. The maximum atomic E-state index is 12.2. The molecule has 0 heterocycles. The Bertz CT molecular complexity index is 398. The van der Waals surface area contributed by atoms with Gasteiger partial charge in [0.1, 0.15) is 11.8 Å². The zero-order chi connectivity index (χ0) is 13.2. The Morgan fingerprint density at radius 1 is 1.33 bits per heavy atom. The van der Waals surface area contributed by atoms with Crippen LogP contribution in [0.25, 0.3) is 0 Å². The molecule has 0 saturated heterocycles. The van der Waals surface area contributed by atoms with Gasteiger partial charge in [-0.2, -0.15) is 13.2 Å². The molecule has 3 nitrogen and oxygen atoms in total. The zero-order valence-electron chi connectivity index (χ0n) is 9.61. The molecular weight excluding hydrogens is 271 g/mol. The first kappa shape index (κ1) is 17.0. The second-order valence-electron chi connectivity index (χ2n) is 3.96. The fourth-order valence-electron chi connectivity index (χ4n) is 1.44. The maximum absolute atomic E-state index is 12.2. The van der Waals surface area contributed by atoms with E-state index in [0.717, 1.165) is 5.56 Å². The van der Waals surface area contributed by atoms with Crippen LogP contribution in [0.5, 0.6) is 5.75 Å². The molecule has 2 atom stereocenters. The number of aryl methyl sites for hydroxylation is 1. The van der Waals surface area contributed by atoms with E-state index in [1.807, 2.05) is 0 Å². The van der Waals surface area contributed by atoms with E-state index in [1.165, 1.54) is 12.1 Å². The van der Waals surface area contributed by atoms with E-state index in [0.29, 0.717) is 0 Å². The topological polar surface area (TPSA) is 66.5 Å². The predicted molar refractivity (Wildman–Crippen MR) is 63.7 cm³/mol. The molecule has 0 unspecified atom stereocenters. The minimum atomic E-state index is -4.56. The number of aromatic hydroxyl groups is 1. The van der Waals surface area contributed by atoms with Crippen molar-refractivity contribution < 1.29 is 23.4 Å². The second-order valence-corrected chi connectivity index (χ2v) is 3.96. The molecule has 7 heteroatoms. The highest BCUT2D eigenvalue weighted by atomic mass is 35.5. The standard InChI is InChI=1S/C11H14F3NO2.ClH/c1-6-2-3-8(16)7(4-6)9(17)5-10(15)11(12,13)14;/h2-4,9-10,16-17H,5,15H2,1H3;1H/t9-,10-;/m1./s1. The average molecular weight is 286 g/mol. The Balaban J connectivity index is 0.00000289. The van der Waals surface area contributed by atoms with Gasteiger partial charge in [0.25, 0.3) is 0 Å². The van der Waals surface area contributed by atoms with Crippen LogP contribution in [0, 0.1) is 6.92 Å². The highest BCUT2D eigenvalue weighted by molar-refractivity contribution is 5.85. The number of aliphatic hydroxyl groups is 1. The average Bonchev–Trinajstić information content (AvgIpc) is 2.20. The van der Waals surface area contributed by atoms with Crippen LogP contribution in [0.3, 0.4) is 0 Å². The summed E-state index contributed by atoms with van der Waals surface area (Å²) in [6, 6.07) is 2.24. The Morgan fingerprint density at radius 2 is 1.89 bits per heavy atom. The van der Waals surface area contributed by atoms with Gasteiger partial charge in [-0.25, -0.2) is 0 Å². The van der Waals surface area contributed by atoms with Crippen molar-refractivity contribution >= 4 is 12.4 Å². The summed E-state index contributed by atoms with van der Waals surface area (Å²) in [4.78, 5) is 0. The summed E-state index contributed by atoms with van der Waals surface area (Å²) in [6.45, 7) is 1.71. The summed E-state index contributed by atoms with van der Waals surface area (Å²) in [5, 5.41) is 19.1. The summed E-state index contributed by atoms with van der Waals surface area (Å²) in [5.41, 5.74) is 5.70. The fourth-order valence-corrected chi connectivity index (χ4v) is 1.44. The molecule has 4 N–H and O–H groups in total. The first-order valence-electron chi connectivity index (χ1n) is 5.01. The van der Waals surface area contributed by atoms with Gasteiger partial charge < -0.3 is 15.9 Å². The van der Waals surface area contributed by atoms with Gasteiger partial charge >= 0.3 is 6.18 Å². The Morgan fingerprint density at radius 3 is 2.39 bits per heavy atom. The Kier molecular flexibility index (Phi) is 5.92. The van der Waals surface area contributed by atoms with Gasteiger partial charge in [0.2, 0.25) is 0 Å². The molecule has 18 heavy (non-hydrogen) atoms. The second kappa shape index (κ2) is 6.26. The largest absolute Gasteiger partial charge is 0.508 e. The lowest BCUT2D eigenvalue weighted by Gasteiger charge is -2.20. The van der Waals surface area contributed by atoms with Crippen molar-refractivity contribution in [1.29, 1.82) is 0 Å². The van der Waals surface area contributed by atoms with Crippen molar-refractivity contribution in [2.45, 2.75) is 31.7 Å². The van der Waals surface area contributed by atoms with Gasteiger partial charge in [-0.3, -0.25) is 0 Å². The molecule has 0 bridgehead atoms. The number of halogens is 4. The van der Waals surface area contributed by atoms with Gasteiger partial charge in [-0.15, -0.1) is 12.4 Å². The lowest BCUT2D eigenvalue weighted by Crippen LogP contribution is -2.38. The van der Waals surface area contributed by atoms with Crippen molar-refractivity contribution in [1.82, 2.24) is 0 Å². The number of aliphatic hydroxyl groups excluding tert-OH is 1. The summed E-state index contributed by atoms with van der Waals surface area (Å²) < 4.78 is 36.6. The lowest BCUT2D eigenvalue weighted by atomic mass is 9.99. The molecule has 1 rings (SSSR count). The highest BCUT2D eigenvalue weighted by Gasteiger charge is 2.38. The molecule has 0 aliphatic carbocycles. The summed E-state index contributed by atoms with van der Waals surface area (Å²) >= 11 is 0. The van der Waals surface area contributed by atoms with Crippen LogP contribution >= 0.6 is 12.4 Å². The van der Waals surface area contributed by atoms with E-state index < -0.39 is 24.7 Å². The molecule has 0 fully saturated rings. The predicted octanol–water partition coefficient (Wildman–Crippen LogP) is 2.44. The SMILES string of the molecule is Cc1ccc(O)c([C@H](O)C[C@@H](N)C(F)(F)F)c1.Cl. The molecule has 1 aromatic carbocycles. The van der Waals surface area contributed by atoms with Crippen LogP contribution in [0.4, 0.5) is 13.2 Å². The zero-order valence-corrected chi connectivity index (χ0v) is 10.4. The van der Waals surface area contributed by atoms with Gasteiger partial charge in [-0.05, 0) is 19.1 Å². The first-order chi connectivity index (χ1) is 7.71. The third kappa shape index (κ3) is 4.36. The van der Waals surface area contributed by atoms with E-state index in [1.54, 1.807) is 13.0 Å². The van der Waals surface area contributed by atoms with Crippen molar-refractivity contribution in [3.63, 3.8) is 0 Å². The Hall–Kier alpha value is -0.980. The molecule has 0 aliphatic heterocycles. The Labute approximate surface area is 109 Å². The van der Waals surface area contributed by atoms with Crippen LogP contribution in [0.2, 0.25) is 0 Å². The van der Waals surface area contributed by atoms with Crippen LogP contribution in [-0.2, 0) is 0 Å². The van der Waals surface area contributed by atoms with Crippen molar-refractivity contribution in [3.8, 4) is 5.75 Å². The van der Waals surface area contributed by atoms with Crippen LogP contribution in [0.1, 0.15) is 23.7 Å². The quantitative estimate of drug-likeness (QED) is 0.799. The smallest absolute Gasteiger partial charge is 0.403 e. The van der Waals surface area contributed by atoms with E-state index in [2.05, 4.69) is 0 Å². The number of nitrogens with two attached hydrogens (primary N) is 1. The molecule has 0 amide bonds. The number of benzene rings is 1. The van der Waals surface area contributed by atoms with E-state index in [-0.39, 0.29) is 23.7 Å². The molecule has 1 aromatic rings. The number of hydrogen-bond acceptors (Lipinski definition) is 3. The van der Waals surface area contributed by atoms with E-state index in [4.69, 9.17) is 5.73 Å². The van der Waals surface area contributed by atoms with Gasteiger partial charge in [0, 0.05) is 12.0 Å². The van der Waals surface area contributed by atoms with Crippen molar-refractivity contribution in [3.05, 3.63) is 29.3 Å². The van der Waals surface area contributed by atoms with Crippen LogP contribution in [-0.4, -0.2) is 22.4 Å². The van der Waals surface area contributed by atoms with Crippen molar-refractivity contribution in [2.75, 3.05) is 0 Å². The lowest BCUT2D eigenvalue weighted by molar-refractivity contribution is -0.153. The van der Waals surface area contributed by atoms with Crippen molar-refractivity contribution in [2.24, 2.45) is 5.73 Å². The van der Waals surface area contributed by atoms with Crippen LogP contribution in [0.15, 0.2) is 18.2 Å². The van der Waals surface area contributed by atoms with Gasteiger partial charge in [0.05, 0.1) is 6.10 Å². The normalized spacial score (nSPS) is 14.8. The molecule has 0 aromatic heterocycles.